The lowest BCUT2D eigenvalue weighted by molar-refractivity contribution is -0.964. The van der Waals surface area contributed by atoms with Crippen molar-refractivity contribution in [2.75, 3.05) is 167 Å². The van der Waals surface area contributed by atoms with Crippen molar-refractivity contribution in [2.45, 2.75) is 12.8 Å². The maximum Gasteiger partial charge on any atom is 0.265 e. The Morgan fingerprint density at radius 1 is 0.558 bits per heavy atom. The van der Waals surface area contributed by atoms with Gasteiger partial charge in [-0.05, 0) is 0 Å². The van der Waals surface area contributed by atoms with Crippen molar-refractivity contribution in [3.63, 3.8) is 0 Å². The van der Waals surface area contributed by atoms with Crippen molar-refractivity contribution in [1.29, 1.82) is 0 Å². The maximum atomic E-state index is 13.2. The van der Waals surface area contributed by atoms with E-state index in [1.165, 1.54) is 109 Å². The lowest BCUT2D eigenvalue weighted by Crippen LogP contribution is -2.64. The van der Waals surface area contributed by atoms with Crippen molar-refractivity contribution in [3.05, 3.63) is 15.9 Å². The van der Waals surface area contributed by atoms with Crippen LogP contribution >= 0.6 is 0 Å². The van der Waals surface area contributed by atoms with E-state index < -0.39 is 0 Å². The number of carbonyl (C=O) groups excluding carboxylic acids is 1. The lowest BCUT2D eigenvalue weighted by atomic mass is 10.2. The summed E-state index contributed by atoms with van der Waals surface area (Å²) >= 11 is 0. The molecule has 0 saturated carbocycles. The molecule has 12 nitrogen and oxygen atoms in total. The average Bonchev–Trinajstić information content (AvgIpc) is 3.31. The Labute approximate surface area is 257 Å². The highest BCUT2D eigenvalue weighted by atomic mass is 16.1. The van der Waals surface area contributed by atoms with E-state index in [4.69, 9.17) is 4.98 Å². The number of aromatic nitrogens is 2. The van der Waals surface area contributed by atoms with E-state index in [0.717, 1.165) is 84.8 Å². The monoisotopic (exact) mass is 600 g/mol. The fourth-order valence-electron chi connectivity index (χ4n) is 9.46. The number of hydrogen-bond donors (Lipinski definition) is 3. The lowest BCUT2D eigenvalue weighted by Gasteiger charge is -2.46. The number of H-pyrrole nitrogens is 1. The van der Waals surface area contributed by atoms with Gasteiger partial charge in [0.05, 0.1) is 105 Å². The summed E-state index contributed by atoms with van der Waals surface area (Å²) in [7, 11) is 0. The van der Waals surface area contributed by atoms with Crippen LogP contribution in [0.25, 0.3) is 0 Å². The second-order valence-electron chi connectivity index (χ2n) is 14.9. The molecule has 0 unspecified atom stereocenters. The van der Waals surface area contributed by atoms with Crippen LogP contribution in [0.4, 0.5) is 11.8 Å². The van der Waals surface area contributed by atoms with Crippen LogP contribution in [0.1, 0.15) is 23.2 Å². The zero-order valence-electron chi connectivity index (χ0n) is 26.4. The third-order valence-electron chi connectivity index (χ3n) is 12.7. The highest BCUT2D eigenvalue weighted by molar-refractivity contribution is 5.82. The number of rotatable bonds is 3. The topological polar surface area (TPSA) is 93.4 Å². The van der Waals surface area contributed by atoms with Gasteiger partial charge in [0.15, 0.2) is 6.29 Å². The van der Waals surface area contributed by atoms with E-state index in [1.807, 2.05) is 0 Å². The van der Waals surface area contributed by atoms with Crippen molar-refractivity contribution in [1.82, 2.24) is 20.6 Å². The summed E-state index contributed by atoms with van der Waals surface area (Å²) < 4.78 is 4.98. The molecular formula is C31H56N10O2+4. The normalized spacial score (nSPS) is 28.6. The minimum absolute atomic E-state index is 0.191. The Bertz CT molecular complexity index is 1190. The molecule has 1 aromatic heterocycles. The number of anilines is 2. The van der Waals surface area contributed by atoms with Gasteiger partial charge in [0.1, 0.15) is 37.6 Å². The van der Waals surface area contributed by atoms with Crippen LogP contribution in [-0.4, -0.2) is 191 Å². The molecule has 43 heavy (non-hydrogen) atoms. The molecule has 0 aliphatic carbocycles. The van der Waals surface area contributed by atoms with Crippen LogP contribution in [0.5, 0.6) is 0 Å². The van der Waals surface area contributed by atoms with Gasteiger partial charge in [-0.25, -0.2) is 0 Å². The number of hydrogen-bond acceptors (Lipinski definition) is 7. The molecule has 6 fully saturated rings. The minimum atomic E-state index is -0.293. The number of nitrogens with zero attached hydrogens (tertiary/aromatic N) is 7. The molecule has 6 aliphatic rings. The first-order valence-corrected chi connectivity index (χ1v) is 17.4. The zero-order chi connectivity index (χ0) is 29.4. The number of aldehydes is 1. The molecule has 0 atom stereocenters. The zero-order valence-corrected chi connectivity index (χ0v) is 26.4. The van der Waals surface area contributed by atoms with Gasteiger partial charge in [-0.1, -0.05) is 0 Å². The summed E-state index contributed by atoms with van der Waals surface area (Å²) in [5.41, 5.74) is -0.102. The number of nitrogens with one attached hydrogen (secondary N) is 3. The summed E-state index contributed by atoms with van der Waals surface area (Å²) in [6.07, 6.45) is 3.31. The van der Waals surface area contributed by atoms with Gasteiger partial charge in [0.2, 0.25) is 5.95 Å². The number of carbonyl (C=O) groups is 1. The van der Waals surface area contributed by atoms with Crippen LogP contribution in [0, 0.1) is 0 Å². The molecule has 7 heterocycles. The van der Waals surface area contributed by atoms with Gasteiger partial charge >= 0.3 is 0 Å². The van der Waals surface area contributed by atoms with Crippen LogP contribution in [0.2, 0.25) is 0 Å². The second kappa shape index (κ2) is 12.0. The Kier molecular flexibility index (Phi) is 8.28. The molecule has 3 N–H and O–H groups in total. The van der Waals surface area contributed by atoms with E-state index in [-0.39, 0.29) is 11.1 Å². The van der Waals surface area contributed by atoms with Crippen LogP contribution in [0.3, 0.4) is 0 Å². The third-order valence-corrected chi connectivity index (χ3v) is 12.7. The molecule has 4 spiro atoms. The molecule has 6 aliphatic heterocycles. The highest BCUT2D eigenvalue weighted by Gasteiger charge is 2.43. The van der Waals surface area contributed by atoms with Gasteiger partial charge in [0, 0.05) is 39.0 Å². The van der Waals surface area contributed by atoms with Crippen molar-refractivity contribution in [3.8, 4) is 0 Å². The molecule has 238 valence electrons. The molecule has 0 aromatic carbocycles. The Morgan fingerprint density at radius 2 is 0.977 bits per heavy atom. The fourth-order valence-corrected chi connectivity index (χ4v) is 9.46. The molecule has 6 saturated heterocycles. The van der Waals surface area contributed by atoms with Gasteiger partial charge in [-0.15, -0.1) is 0 Å². The Morgan fingerprint density at radius 3 is 1.42 bits per heavy atom. The van der Waals surface area contributed by atoms with E-state index in [0.29, 0.717) is 11.8 Å². The van der Waals surface area contributed by atoms with Gasteiger partial charge < -0.3 is 38.4 Å². The third kappa shape index (κ3) is 5.98. The molecule has 1 aromatic rings. The van der Waals surface area contributed by atoms with Crippen molar-refractivity contribution in [2.24, 2.45) is 0 Å². The predicted molar refractivity (Wildman–Crippen MR) is 169 cm³/mol. The molecule has 0 radical (unpaired) electrons. The predicted octanol–water partition coefficient (Wildman–Crippen LogP) is -1.50. The first-order chi connectivity index (χ1) is 20.9. The summed E-state index contributed by atoms with van der Waals surface area (Å²) in [6.45, 7) is 27.8. The summed E-state index contributed by atoms with van der Waals surface area (Å²) in [5, 5.41) is 7.10. The average molecular weight is 601 g/mol. The van der Waals surface area contributed by atoms with Gasteiger partial charge in [-0.3, -0.25) is 14.6 Å². The highest BCUT2D eigenvalue weighted by Crippen LogP contribution is 2.27. The van der Waals surface area contributed by atoms with Crippen LogP contribution in [0.15, 0.2) is 4.79 Å². The number of aromatic amines is 1. The quantitative estimate of drug-likeness (QED) is 0.288. The first-order valence-electron chi connectivity index (χ1n) is 17.4. The molecule has 0 amide bonds. The van der Waals surface area contributed by atoms with Crippen molar-refractivity contribution >= 4 is 18.1 Å². The smallest absolute Gasteiger partial charge is 0.265 e. The van der Waals surface area contributed by atoms with Gasteiger partial charge in [0.25, 0.3) is 5.56 Å². The maximum absolute atomic E-state index is 13.2. The standard InChI is InChI=1S/C31H55N10O2/c42-27-28-29(36-7-19-40(20-8-36)13-1-11-38(23-25-40)15-3-32-4-16-38)34-31(35-30(28)43)37-9-21-41(22-10-37)14-2-12-39(24-26-41)17-5-33-6-18-39/h27,32-33H,1-26H2/q+3/p+1. The van der Waals surface area contributed by atoms with E-state index in [9.17, 15) is 9.59 Å². The fraction of sp³-hybridized carbons (Fsp3) is 0.839. The van der Waals surface area contributed by atoms with Gasteiger partial charge in [-0.2, -0.15) is 4.98 Å². The molecule has 12 heteroatoms. The molecule has 0 bridgehead atoms. The van der Waals surface area contributed by atoms with E-state index >= 15 is 0 Å². The van der Waals surface area contributed by atoms with Crippen LogP contribution < -0.4 is 26.0 Å². The number of piperazine rings is 4. The SMILES string of the molecule is O=Cc1c(N2CC[N+]3(CCC[N+]4(CCNCC4)CC3)CC2)nc(N2CC[N+]3(CCC[N+]4(CCNCC4)CC3)CC2)[nH]c1=O. The minimum Gasteiger partial charge on any atom is -0.344 e. The second-order valence-corrected chi connectivity index (χ2v) is 14.9. The summed E-state index contributed by atoms with van der Waals surface area (Å²) in [6, 6.07) is 0. The van der Waals surface area contributed by atoms with Crippen molar-refractivity contribution < 1.29 is 22.7 Å². The first kappa shape index (κ1) is 29.6. The summed E-state index contributed by atoms with van der Waals surface area (Å²) in [5.74, 6) is 1.25. The van der Waals surface area contributed by atoms with Crippen LogP contribution in [-0.2, 0) is 0 Å². The largest absolute Gasteiger partial charge is 0.344 e. The van der Waals surface area contributed by atoms with E-state index in [2.05, 4.69) is 25.4 Å². The number of quaternary nitrogens is 4. The Hall–Kier alpha value is -2.09. The molecule has 7 rings (SSSR count). The molecular weight excluding hydrogens is 544 g/mol. The summed E-state index contributed by atoms with van der Waals surface area (Å²) in [4.78, 5) is 37.9. The Balaban J connectivity index is 1.01. The van der Waals surface area contributed by atoms with E-state index in [1.54, 1.807) is 0 Å².